The molecule has 0 radical (unpaired) electrons. The molecule has 2 nitrogen and oxygen atoms in total. The van der Waals surface area contributed by atoms with E-state index in [9.17, 15) is 0 Å². The van der Waals surface area contributed by atoms with Gasteiger partial charge in [0.15, 0.2) is 0 Å². The molecule has 0 aliphatic carbocycles. The van der Waals surface area contributed by atoms with Crippen LogP contribution in [0.15, 0.2) is 12.1 Å². The number of ether oxygens (including phenoxy) is 2. The number of hydrogen-bond acceptors (Lipinski definition) is 2. The number of benzene rings is 1. The van der Waals surface area contributed by atoms with E-state index >= 15 is 0 Å². The maximum absolute atomic E-state index is 6.01. The molecule has 0 fully saturated rings. The highest BCUT2D eigenvalue weighted by molar-refractivity contribution is 6.32. The highest BCUT2D eigenvalue weighted by atomic mass is 35.5. The minimum Gasteiger partial charge on any atom is -0.496 e. The summed E-state index contributed by atoms with van der Waals surface area (Å²) in [6.45, 7) is 0. The first kappa shape index (κ1) is 11.7. The van der Waals surface area contributed by atoms with Crippen LogP contribution < -0.4 is 9.47 Å². The zero-order valence-corrected chi connectivity index (χ0v) is 9.60. The third-order valence-corrected chi connectivity index (χ3v) is 2.39. The predicted octanol–water partition coefficient (Wildman–Crippen LogP) is 2.92. The molecule has 0 spiro atoms. The highest BCUT2D eigenvalue weighted by Gasteiger charge is 2.08. The van der Waals surface area contributed by atoms with Gasteiger partial charge in [-0.3, -0.25) is 0 Å². The van der Waals surface area contributed by atoms with E-state index in [2.05, 4.69) is 5.92 Å². The molecule has 0 aliphatic rings. The van der Waals surface area contributed by atoms with E-state index in [0.717, 1.165) is 17.7 Å². The molecule has 0 aliphatic heterocycles. The molecule has 1 rings (SSSR count). The molecule has 15 heavy (non-hydrogen) atoms. The number of hydrogen-bond donors (Lipinski definition) is 0. The smallest absolute Gasteiger partial charge is 0.141 e. The summed E-state index contributed by atoms with van der Waals surface area (Å²) in [5.41, 5.74) is 1.00. The van der Waals surface area contributed by atoms with E-state index in [1.807, 2.05) is 6.07 Å². The molecule has 3 heteroatoms. The van der Waals surface area contributed by atoms with Crippen molar-refractivity contribution in [2.75, 3.05) is 14.2 Å². The van der Waals surface area contributed by atoms with Gasteiger partial charge in [-0.2, -0.15) is 0 Å². The summed E-state index contributed by atoms with van der Waals surface area (Å²) in [5, 5.41) is 0.574. The fraction of sp³-hybridized carbons (Fsp3) is 0.333. The van der Waals surface area contributed by atoms with E-state index < -0.39 is 0 Å². The van der Waals surface area contributed by atoms with Gasteiger partial charge in [0, 0.05) is 12.5 Å². The van der Waals surface area contributed by atoms with Gasteiger partial charge in [-0.05, 0) is 18.1 Å². The van der Waals surface area contributed by atoms with Crippen LogP contribution in [-0.2, 0) is 6.42 Å². The van der Waals surface area contributed by atoms with Gasteiger partial charge in [0.05, 0.1) is 19.2 Å². The lowest BCUT2D eigenvalue weighted by molar-refractivity contribution is 0.391. The molecule has 0 aromatic heterocycles. The maximum atomic E-state index is 6.01. The minimum atomic E-state index is 0.574. The Hall–Kier alpha value is -1.33. The van der Waals surface area contributed by atoms with Gasteiger partial charge >= 0.3 is 0 Å². The molecule has 0 atom stereocenters. The third kappa shape index (κ3) is 2.81. The average Bonchev–Trinajstić information content (AvgIpc) is 2.26. The first-order valence-electron chi connectivity index (χ1n) is 4.56. The fourth-order valence-corrected chi connectivity index (χ4v) is 1.59. The zero-order valence-electron chi connectivity index (χ0n) is 8.84. The standard InChI is InChI=1S/C12H13ClO2/c1-4-5-6-9-7-10(13)12(15-3)8-11(9)14-2/h1,7-8H,5-6H2,2-3H3. The second-order valence-corrected chi connectivity index (χ2v) is 3.41. The second-order valence-electron chi connectivity index (χ2n) is 3.00. The summed E-state index contributed by atoms with van der Waals surface area (Å²) in [5.74, 6) is 3.95. The van der Waals surface area contributed by atoms with Crippen LogP contribution in [0.4, 0.5) is 0 Å². The fourth-order valence-electron chi connectivity index (χ4n) is 1.32. The summed E-state index contributed by atoms with van der Waals surface area (Å²) < 4.78 is 10.3. The second kappa shape index (κ2) is 5.53. The van der Waals surface area contributed by atoms with Crippen LogP contribution in [0.25, 0.3) is 0 Å². The summed E-state index contributed by atoms with van der Waals surface area (Å²) in [6, 6.07) is 3.60. The quantitative estimate of drug-likeness (QED) is 0.733. The average molecular weight is 225 g/mol. The summed E-state index contributed by atoms with van der Waals surface area (Å²) in [7, 11) is 3.18. The van der Waals surface area contributed by atoms with Crippen LogP contribution >= 0.6 is 11.6 Å². The molecular formula is C12H13ClO2. The van der Waals surface area contributed by atoms with Gasteiger partial charge in [-0.1, -0.05) is 11.6 Å². The maximum Gasteiger partial charge on any atom is 0.141 e. The van der Waals surface area contributed by atoms with Crippen molar-refractivity contribution in [1.82, 2.24) is 0 Å². The molecule has 0 heterocycles. The van der Waals surface area contributed by atoms with Crippen molar-refractivity contribution in [2.24, 2.45) is 0 Å². The monoisotopic (exact) mass is 224 g/mol. The summed E-state index contributed by atoms with van der Waals surface area (Å²) in [4.78, 5) is 0. The van der Waals surface area contributed by atoms with Crippen molar-refractivity contribution in [3.8, 4) is 23.8 Å². The van der Waals surface area contributed by atoms with Gasteiger partial charge in [-0.15, -0.1) is 12.3 Å². The van der Waals surface area contributed by atoms with Crippen molar-refractivity contribution in [2.45, 2.75) is 12.8 Å². The van der Waals surface area contributed by atoms with Gasteiger partial charge in [0.2, 0.25) is 0 Å². The molecular weight excluding hydrogens is 212 g/mol. The van der Waals surface area contributed by atoms with Crippen molar-refractivity contribution >= 4 is 11.6 Å². The highest BCUT2D eigenvalue weighted by Crippen LogP contribution is 2.32. The number of methoxy groups -OCH3 is 2. The van der Waals surface area contributed by atoms with Crippen molar-refractivity contribution in [3.05, 3.63) is 22.7 Å². The largest absolute Gasteiger partial charge is 0.496 e. The topological polar surface area (TPSA) is 18.5 Å². The lowest BCUT2D eigenvalue weighted by Crippen LogP contribution is -1.94. The van der Waals surface area contributed by atoms with Crippen molar-refractivity contribution in [1.29, 1.82) is 0 Å². The lowest BCUT2D eigenvalue weighted by Gasteiger charge is -2.11. The van der Waals surface area contributed by atoms with Crippen LogP contribution in [0.1, 0.15) is 12.0 Å². The molecule has 0 saturated carbocycles. The lowest BCUT2D eigenvalue weighted by atomic mass is 10.1. The van der Waals surface area contributed by atoms with Crippen LogP contribution in [0.2, 0.25) is 5.02 Å². The molecule has 0 bridgehead atoms. The molecule has 0 N–H and O–H groups in total. The van der Waals surface area contributed by atoms with E-state index in [-0.39, 0.29) is 0 Å². The van der Waals surface area contributed by atoms with Crippen LogP contribution in [-0.4, -0.2) is 14.2 Å². The van der Waals surface area contributed by atoms with E-state index in [4.69, 9.17) is 27.5 Å². The Kier molecular flexibility index (Phi) is 4.33. The molecule has 1 aromatic rings. The third-order valence-electron chi connectivity index (χ3n) is 2.09. The number of aryl methyl sites for hydroxylation is 1. The minimum absolute atomic E-state index is 0.574. The Morgan fingerprint density at radius 1 is 1.27 bits per heavy atom. The van der Waals surface area contributed by atoms with E-state index in [0.29, 0.717) is 17.2 Å². The van der Waals surface area contributed by atoms with Crippen LogP contribution in [0, 0.1) is 12.3 Å². The van der Waals surface area contributed by atoms with Gasteiger partial charge < -0.3 is 9.47 Å². The Morgan fingerprint density at radius 3 is 2.47 bits per heavy atom. The molecule has 80 valence electrons. The zero-order chi connectivity index (χ0) is 11.3. The van der Waals surface area contributed by atoms with Gasteiger partial charge in [-0.25, -0.2) is 0 Å². The molecule has 1 aromatic carbocycles. The van der Waals surface area contributed by atoms with E-state index in [1.54, 1.807) is 20.3 Å². The summed E-state index contributed by atoms with van der Waals surface area (Å²) in [6.07, 6.45) is 6.63. The predicted molar refractivity (Wildman–Crippen MR) is 61.7 cm³/mol. The summed E-state index contributed by atoms with van der Waals surface area (Å²) >= 11 is 6.01. The Labute approximate surface area is 95.2 Å². The normalized spacial score (nSPS) is 9.47. The molecule has 0 saturated heterocycles. The first-order valence-corrected chi connectivity index (χ1v) is 4.94. The van der Waals surface area contributed by atoms with Crippen molar-refractivity contribution < 1.29 is 9.47 Å². The Balaban J connectivity index is 3.05. The van der Waals surface area contributed by atoms with Gasteiger partial charge in [0.25, 0.3) is 0 Å². The Morgan fingerprint density at radius 2 is 1.93 bits per heavy atom. The Bertz CT molecular complexity index is 380. The number of terminal acetylenes is 1. The van der Waals surface area contributed by atoms with E-state index in [1.165, 1.54) is 0 Å². The van der Waals surface area contributed by atoms with Crippen LogP contribution in [0.3, 0.4) is 0 Å². The number of halogens is 1. The van der Waals surface area contributed by atoms with Crippen LogP contribution in [0.5, 0.6) is 11.5 Å². The van der Waals surface area contributed by atoms with Gasteiger partial charge in [0.1, 0.15) is 11.5 Å². The molecule has 0 amide bonds. The molecule has 0 unspecified atom stereocenters. The first-order chi connectivity index (χ1) is 7.22. The van der Waals surface area contributed by atoms with Crippen molar-refractivity contribution in [3.63, 3.8) is 0 Å². The SMILES string of the molecule is C#CCCc1cc(Cl)c(OC)cc1OC. The number of rotatable bonds is 4.